The highest BCUT2D eigenvalue weighted by atomic mass is 19.4. The quantitative estimate of drug-likeness (QED) is 0.680. The normalized spacial score (nSPS) is 12.3. The molecule has 0 fully saturated rings. The van der Waals surface area contributed by atoms with Crippen LogP contribution in [-0.2, 0) is 13.2 Å². The minimum Gasteiger partial charge on any atom is -0.397 e. The van der Waals surface area contributed by atoms with E-state index in [1.54, 1.807) is 0 Å². The average molecular weight is 216 g/mol. The Labute approximate surface area is 82.5 Å². The number of nitrogens with zero attached hydrogens (tertiary/aromatic N) is 3. The van der Waals surface area contributed by atoms with Crippen molar-refractivity contribution < 1.29 is 13.2 Å². The molecule has 0 radical (unpaired) electrons. The number of aromatic nitrogens is 3. The molecule has 0 aliphatic carbocycles. The Balaban J connectivity index is 2.76. The average Bonchev–Trinajstić information content (AvgIpc) is 2.47. The Bertz CT molecular complexity index is 514. The molecule has 1 aromatic heterocycles. The van der Waals surface area contributed by atoms with Crippen molar-refractivity contribution in [1.82, 2.24) is 15.0 Å². The van der Waals surface area contributed by atoms with Crippen LogP contribution in [0.5, 0.6) is 0 Å². The molecule has 0 aliphatic heterocycles. The van der Waals surface area contributed by atoms with Crippen molar-refractivity contribution >= 4 is 16.7 Å². The molecule has 7 heteroatoms. The number of halogens is 3. The first kappa shape index (κ1) is 9.75. The van der Waals surface area contributed by atoms with Crippen molar-refractivity contribution in [2.45, 2.75) is 6.18 Å². The summed E-state index contributed by atoms with van der Waals surface area (Å²) in [5.74, 6) is 0. The third-order valence-corrected chi connectivity index (χ3v) is 2.07. The molecular weight excluding hydrogens is 209 g/mol. The highest BCUT2D eigenvalue weighted by Gasteiger charge is 2.31. The van der Waals surface area contributed by atoms with Crippen LogP contribution in [0.2, 0.25) is 0 Å². The molecule has 0 amide bonds. The number of nitrogens with two attached hydrogens (primary N) is 1. The summed E-state index contributed by atoms with van der Waals surface area (Å²) in [4.78, 5) is 0. The maximum Gasteiger partial charge on any atom is 0.416 e. The van der Waals surface area contributed by atoms with Crippen molar-refractivity contribution in [3.63, 3.8) is 0 Å². The third kappa shape index (κ3) is 1.49. The lowest BCUT2D eigenvalue weighted by Gasteiger charge is -2.07. The van der Waals surface area contributed by atoms with Crippen molar-refractivity contribution in [2.75, 3.05) is 5.73 Å². The summed E-state index contributed by atoms with van der Waals surface area (Å²) in [5.41, 5.74) is 5.19. The molecule has 2 rings (SSSR count). The lowest BCUT2D eigenvalue weighted by molar-refractivity contribution is -0.137. The molecule has 0 atom stereocenters. The molecule has 0 unspecified atom stereocenters. The Kier molecular flexibility index (Phi) is 1.85. The van der Waals surface area contributed by atoms with E-state index in [9.17, 15) is 13.2 Å². The highest BCUT2D eigenvalue weighted by molar-refractivity contribution is 5.87. The standard InChI is InChI=1S/C8H7F3N4/c1-15-6-3-4(8(9,10)11)2-5(12)7(6)13-14-15/h2-3H,12H2,1H3. The van der Waals surface area contributed by atoms with E-state index >= 15 is 0 Å². The maximum absolute atomic E-state index is 12.4. The first-order chi connectivity index (χ1) is 6.89. The predicted molar refractivity (Wildman–Crippen MR) is 47.9 cm³/mol. The van der Waals surface area contributed by atoms with Gasteiger partial charge in [-0.2, -0.15) is 13.2 Å². The minimum atomic E-state index is -4.41. The molecule has 2 N–H and O–H groups in total. The smallest absolute Gasteiger partial charge is 0.397 e. The van der Waals surface area contributed by atoms with Crippen molar-refractivity contribution in [2.24, 2.45) is 7.05 Å². The first-order valence-corrected chi connectivity index (χ1v) is 4.05. The summed E-state index contributed by atoms with van der Waals surface area (Å²) >= 11 is 0. The van der Waals surface area contributed by atoms with Crippen LogP contribution in [0.3, 0.4) is 0 Å². The largest absolute Gasteiger partial charge is 0.416 e. The Morgan fingerprint density at radius 1 is 1.33 bits per heavy atom. The number of hydrogen-bond donors (Lipinski definition) is 1. The summed E-state index contributed by atoms with van der Waals surface area (Å²) in [5, 5.41) is 7.26. The molecule has 0 saturated heterocycles. The van der Waals surface area contributed by atoms with Crippen molar-refractivity contribution in [3.8, 4) is 0 Å². The number of benzene rings is 1. The van der Waals surface area contributed by atoms with Gasteiger partial charge in [-0.15, -0.1) is 5.10 Å². The van der Waals surface area contributed by atoms with Gasteiger partial charge in [-0.1, -0.05) is 5.21 Å². The SMILES string of the molecule is Cn1nnc2c(N)cc(C(F)(F)F)cc21. The van der Waals surface area contributed by atoms with Gasteiger partial charge < -0.3 is 5.73 Å². The van der Waals surface area contributed by atoms with E-state index < -0.39 is 11.7 Å². The van der Waals surface area contributed by atoms with Gasteiger partial charge in [0.15, 0.2) is 0 Å². The number of rotatable bonds is 0. The van der Waals surface area contributed by atoms with Crippen LogP contribution >= 0.6 is 0 Å². The highest BCUT2D eigenvalue weighted by Crippen LogP contribution is 2.33. The number of alkyl halides is 3. The summed E-state index contributed by atoms with van der Waals surface area (Å²) in [6.45, 7) is 0. The maximum atomic E-state index is 12.4. The van der Waals surface area contributed by atoms with Gasteiger partial charge in [0.1, 0.15) is 5.52 Å². The number of anilines is 1. The monoisotopic (exact) mass is 216 g/mol. The van der Waals surface area contributed by atoms with Gasteiger partial charge >= 0.3 is 6.18 Å². The molecule has 1 aromatic carbocycles. The van der Waals surface area contributed by atoms with Gasteiger partial charge in [-0.3, -0.25) is 0 Å². The number of fused-ring (bicyclic) bond motifs is 1. The van der Waals surface area contributed by atoms with E-state index in [2.05, 4.69) is 10.3 Å². The van der Waals surface area contributed by atoms with Crippen LogP contribution in [0.1, 0.15) is 5.56 Å². The predicted octanol–water partition coefficient (Wildman–Crippen LogP) is 1.57. The van der Waals surface area contributed by atoms with Gasteiger partial charge in [0.2, 0.25) is 0 Å². The summed E-state index contributed by atoms with van der Waals surface area (Å²) in [7, 11) is 1.51. The first-order valence-electron chi connectivity index (χ1n) is 4.05. The number of hydrogen-bond acceptors (Lipinski definition) is 3. The topological polar surface area (TPSA) is 56.7 Å². The van der Waals surface area contributed by atoms with E-state index in [4.69, 9.17) is 5.73 Å². The molecule has 0 aliphatic rings. The molecule has 1 heterocycles. The fourth-order valence-electron chi connectivity index (χ4n) is 1.32. The molecule has 15 heavy (non-hydrogen) atoms. The molecule has 0 bridgehead atoms. The van der Waals surface area contributed by atoms with Gasteiger partial charge in [0.05, 0.1) is 16.8 Å². The van der Waals surface area contributed by atoms with Crippen molar-refractivity contribution in [1.29, 1.82) is 0 Å². The molecule has 0 saturated carbocycles. The lowest BCUT2D eigenvalue weighted by Crippen LogP contribution is -2.06. The van der Waals surface area contributed by atoms with Crippen LogP contribution in [0.15, 0.2) is 12.1 Å². The molecule has 4 nitrogen and oxygen atoms in total. The van der Waals surface area contributed by atoms with Gasteiger partial charge in [0.25, 0.3) is 0 Å². The second kappa shape index (κ2) is 2.85. The zero-order valence-electron chi connectivity index (χ0n) is 7.71. The van der Waals surface area contributed by atoms with E-state index in [0.29, 0.717) is 0 Å². The minimum absolute atomic E-state index is 0.0204. The van der Waals surface area contributed by atoms with E-state index in [-0.39, 0.29) is 16.7 Å². The Morgan fingerprint density at radius 3 is 2.60 bits per heavy atom. The summed E-state index contributed by atoms with van der Waals surface area (Å²) < 4.78 is 38.5. The van der Waals surface area contributed by atoms with Crippen LogP contribution in [-0.4, -0.2) is 15.0 Å². The zero-order valence-corrected chi connectivity index (χ0v) is 7.71. The molecule has 80 valence electrons. The van der Waals surface area contributed by atoms with Gasteiger partial charge in [0, 0.05) is 7.05 Å². The second-order valence-corrected chi connectivity index (χ2v) is 3.14. The van der Waals surface area contributed by atoms with Crippen molar-refractivity contribution in [3.05, 3.63) is 17.7 Å². The molecule has 2 aromatic rings. The van der Waals surface area contributed by atoms with Crippen LogP contribution in [0, 0.1) is 0 Å². The van der Waals surface area contributed by atoms with Crippen LogP contribution in [0.4, 0.5) is 18.9 Å². The fraction of sp³-hybridized carbons (Fsp3) is 0.250. The molecule has 0 spiro atoms. The van der Waals surface area contributed by atoms with E-state index in [1.165, 1.54) is 11.7 Å². The fourth-order valence-corrected chi connectivity index (χ4v) is 1.32. The number of aryl methyl sites for hydroxylation is 1. The summed E-state index contributed by atoms with van der Waals surface area (Å²) in [6.07, 6.45) is -4.41. The van der Waals surface area contributed by atoms with Crippen LogP contribution < -0.4 is 5.73 Å². The second-order valence-electron chi connectivity index (χ2n) is 3.14. The third-order valence-electron chi connectivity index (χ3n) is 2.07. The van der Waals surface area contributed by atoms with Gasteiger partial charge in [-0.05, 0) is 12.1 Å². The number of nitrogen functional groups attached to an aromatic ring is 1. The van der Waals surface area contributed by atoms with E-state index in [0.717, 1.165) is 12.1 Å². The summed E-state index contributed by atoms with van der Waals surface area (Å²) in [6, 6.07) is 1.84. The van der Waals surface area contributed by atoms with Gasteiger partial charge in [-0.25, -0.2) is 4.68 Å². The van der Waals surface area contributed by atoms with Crippen LogP contribution in [0.25, 0.3) is 11.0 Å². The lowest BCUT2D eigenvalue weighted by atomic mass is 10.1. The Morgan fingerprint density at radius 2 is 2.00 bits per heavy atom. The molecular formula is C8H7F3N4. The zero-order chi connectivity index (χ0) is 11.2. The van der Waals surface area contributed by atoms with E-state index in [1.807, 2.05) is 0 Å². The Hall–Kier alpha value is -1.79.